The van der Waals surface area contributed by atoms with E-state index in [0.717, 1.165) is 22.7 Å². The van der Waals surface area contributed by atoms with Crippen molar-refractivity contribution in [1.29, 1.82) is 0 Å². The number of hydrogen-bond acceptors (Lipinski definition) is 4. The van der Waals surface area contributed by atoms with Crippen LogP contribution in [0.2, 0.25) is 0 Å². The summed E-state index contributed by atoms with van der Waals surface area (Å²) >= 11 is 0. The van der Waals surface area contributed by atoms with Gasteiger partial charge in [-0.05, 0) is 36.5 Å². The van der Waals surface area contributed by atoms with Crippen molar-refractivity contribution in [2.75, 3.05) is 5.73 Å². The van der Waals surface area contributed by atoms with E-state index in [1.54, 1.807) is 12.4 Å². The second kappa shape index (κ2) is 3.87. The number of aromatic nitrogens is 2. The van der Waals surface area contributed by atoms with E-state index in [1.165, 1.54) is 12.8 Å². The Morgan fingerprint density at radius 1 is 1.35 bits per heavy atom. The molecule has 0 aromatic carbocycles. The molecule has 1 aliphatic carbocycles. The van der Waals surface area contributed by atoms with Crippen LogP contribution in [0.1, 0.15) is 31.4 Å². The van der Waals surface area contributed by atoms with E-state index in [0.29, 0.717) is 11.8 Å². The molecule has 4 nitrogen and oxygen atoms in total. The lowest BCUT2D eigenvalue weighted by atomic mass is 9.95. The third-order valence-electron chi connectivity index (χ3n) is 3.47. The molecule has 1 aliphatic rings. The summed E-state index contributed by atoms with van der Waals surface area (Å²) in [7, 11) is 0. The molecule has 17 heavy (non-hydrogen) atoms. The van der Waals surface area contributed by atoms with E-state index in [2.05, 4.69) is 17.1 Å². The van der Waals surface area contributed by atoms with Gasteiger partial charge in [-0.1, -0.05) is 12.1 Å². The van der Waals surface area contributed by atoms with Gasteiger partial charge in [0.05, 0.1) is 11.3 Å². The largest absolute Gasteiger partial charge is 0.367 e. The molecule has 2 aromatic rings. The second-order valence-electron chi connectivity index (χ2n) is 4.67. The van der Waals surface area contributed by atoms with Crippen molar-refractivity contribution in [2.24, 2.45) is 5.92 Å². The van der Waals surface area contributed by atoms with Gasteiger partial charge in [0.15, 0.2) is 0 Å². The highest BCUT2D eigenvalue weighted by atomic mass is 16.5. The van der Waals surface area contributed by atoms with Crippen molar-refractivity contribution >= 4 is 5.88 Å². The Labute approximate surface area is 99.8 Å². The third kappa shape index (κ3) is 1.79. The molecule has 0 radical (unpaired) electrons. The van der Waals surface area contributed by atoms with E-state index in [-0.39, 0.29) is 0 Å². The summed E-state index contributed by atoms with van der Waals surface area (Å²) in [6, 6.07) is 3.87. The van der Waals surface area contributed by atoms with Crippen LogP contribution in [0.4, 0.5) is 5.88 Å². The Bertz CT molecular complexity index is 517. The number of anilines is 1. The van der Waals surface area contributed by atoms with Crippen LogP contribution in [-0.4, -0.2) is 10.1 Å². The van der Waals surface area contributed by atoms with Gasteiger partial charge in [0.25, 0.3) is 0 Å². The third-order valence-corrected chi connectivity index (χ3v) is 3.47. The first-order valence-electron chi connectivity index (χ1n) is 5.93. The number of hydrogen-bond donors (Lipinski definition) is 1. The van der Waals surface area contributed by atoms with Crippen molar-refractivity contribution in [3.8, 4) is 11.1 Å². The summed E-state index contributed by atoms with van der Waals surface area (Å²) in [5, 5.41) is 4.13. The maximum absolute atomic E-state index is 5.88. The molecule has 0 amide bonds. The predicted molar refractivity (Wildman–Crippen MR) is 65.3 cm³/mol. The van der Waals surface area contributed by atoms with Crippen molar-refractivity contribution in [3.63, 3.8) is 0 Å². The molecule has 88 valence electrons. The first-order valence-corrected chi connectivity index (χ1v) is 5.93. The van der Waals surface area contributed by atoms with Gasteiger partial charge in [0, 0.05) is 18.3 Å². The number of nitrogens with zero attached hydrogens (tertiary/aromatic N) is 2. The quantitative estimate of drug-likeness (QED) is 0.878. The zero-order valence-electron chi connectivity index (χ0n) is 9.76. The van der Waals surface area contributed by atoms with E-state index >= 15 is 0 Å². The smallest absolute Gasteiger partial charge is 0.230 e. The van der Waals surface area contributed by atoms with Gasteiger partial charge in [0.2, 0.25) is 5.88 Å². The first kappa shape index (κ1) is 10.3. The maximum atomic E-state index is 5.88. The highest BCUT2D eigenvalue weighted by Crippen LogP contribution is 2.45. The van der Waals surface area contributed by atoms with Gasteiger partial charge in [-0.15, -0.1) is 0 Å². The SMILES string of the molecule is CC(c1noc(N)c1-c1ccncc1)C1CC1. The van der Waals surface area contributed by atoms with E-state index in [4.69, 9.17) is 10.3 Å². The average molecular weight is 229 g/mol. The Morgan fingerprint density at radius 3 is 2.71 bits per heavy atom. The summed E-state index contributed by atoms with van der Waals surface area (Å²) in [5.74, 6) is 1.55. The number of nitrogens with two attached hydrogens (primary N) is 1. The molecule has 2 heterocycles. The fraction of sp³-hybridized carbons (Fsp3) is 0.385. The van der Waals surface area contributed by atoms with Gasteiger partial charge in [-0.2, -0.15) is 0 Å². The molecule has 1 unspecified atom stereocenters. The summed E-state index contributed by atoms with van der Waals surface area (Å²) in [6.07, 6.45) is 6.08. The zero-order valence-corrected chi connectivity index (χ0v) is 9.76. The van der Waals surface area contributed by atoms with Crippen LogP contribution in [0.25, 0.3) is 11.1 Å². The van der Waals surface area contributed by atoms with Gasteiger partial charge >= 0.3 is 0 Å². The zero-order chi connectivity index (χ0) is 11.8. The minimum atomic E-state index is 0.402. The van der Waals surface area contributed by atoms with E-state index < -0.39 is 0 Å². The first-order chi connectivity index (χ1) is 8.27. The highest BCUT2D eigenvalue weighted by Gasteiger charge is 2.33. The van der Waals surface area contributed by atoms with Crippen molar-refractivity contribution in [2.45, 2.75) is 25.7 Å². The van der Waals surface area contributed by atoms with Gasteiger partial charge in [0.1, 0.15) is 0 Å². The Kier molecular flexibility index (Phi) is 2.35. The predicted octanol–water partition coefficient (Wildman–Crippen LogP) is 2.83. The van der Waals surface area contributed by atoms with Crippen LogP contribution >= 0.6 is 0 Å². The van der Waals surface area contributed by atoms with Crippen molar-refractivity contribution in [3.05, 3.63) is 30.2 Å². The van der Waals surface area contributed by atoms with Crippen LogP contribution < -0.4 is 5.73 Å². The molecule has 1 atom stereocenters. The van der Waals surface area contributed by atoms with Gasteiger partial charge in [-0.3, -0.25) is 4.98 Å². The molecular formula is C13H15N3O. The number of pyridine rings is 1. The topological polar surface area (TPSA) is 64.9 Å². The highest BCUT2D eigenvalue weighted by molar-refractivity contribution is 5.75. The van der Waals surface area contributed by atoms with E-state index in [1.807, 2.05) is 12.1 Å². The molecule has 0 spiro atoms. The normalized spacial score (nSPS) is 17.0. The van der Waals surface area contributed by atoms with Gasteiger partial charge in [-0.25, -0.2) is 0 Å². The molecule has 4 heteroatoms. The van der Waals surface area contributed by atoms with E-state index in [9.17, 15) is 0 Å². The minimum absolute atomic E-state index is 0.402. The molecule has 2 N–H and O–H groups in total. The van der Waals surface area contributed by atoms with Crippen LogP contribution in [0.3, 0.4) is 0 Å². The number of nitrogen functional groups attached to an aromatic ring is 1. The number of rotatable bonds is 3. The van der Waals surface area contributed by atoms with Crippen LogP contribution in [-0.2, 0) is 0 Å². The second-order valence-corrected chi connectivity index (χ2v) is 4.67. The van der Waals surface area contributed by atoms with Gasteiger partial charge < -0.3 is 10.3 Å². The molecule has 0 saturated heterocycles. The summed E-state index contributed by atoms with van der Waals surface area (Å²) in [4.78, 5) is 4.02. The molecule has 1 saturated carbocycles. The summed E-state index contributed by atoms with van der Waals surface area (Å²) in [6.45, 7) is 2.19. The lowest BCUT2D eigenvalue weighted by Crippen LogP contribution is -1.99. The standard InChI is InChI=1S/C13H15N3O/c1-8(9-2-3-9)12-11(13(14)17-16-12)10-4-6-15-7-5-10/h4-9H,2-3,14H2,1H3. The Hall–Kier alpha value is -1.84. The molecule has 0 aliphatic heterocycles. The summed E-state index contributed by atoms with van der Waals surface area (Å²) < 4.78 is 5.16. The minimum Gasteiger partial charge on any atom is -0.367 e. The molecule has 1 fully saturated rings. The maximum Gasteiger partial charge on any atom is 0.230 e. The average Bonchev–Trinajstić information content (AvgIpc) is 3.13. The fourth-order valence-corrected chi connectivity index (χ4v) is 2.25. The molecular weight excluding hydrogens is 214 g/mol. The molecule has 2 aromatic heterocycles. The van der Waals surface area contributed by atoms with Crippen molar-refractivity contribution < 1.29 is 4.52 Å². The Balaban J connectivity index is 2.06. The lowest BCUT2D eigenvalue weighted by molar-refractivity contribution is 0.417. The Morgan fingerprint density at radius 2 is 2.06 bits per heavy atom. The van der Waals surface area contributed by atoms with Crippen molar-refractivity contribution in [1.82, 2.24) is 10.1 Å². The van der Waals surface area contributed by atoms with Crippen LogP contribution in [0, 0.1) is 5.92 Å². The van der Waals surface area contributed by atoms with Crippen LogP contribution in [0.15, 0.2) is 29.0 Å². The molecule has 0 bridgehead atoms. The van der Waals surface area contributed by atoms with Crippen LogP contribution in [0.5, 0.6) is 0 Å². The summed E-state index contributed by atoms with van der Waals surface area (Å²) in [5.41, 5.74) is 8.83. The monoisotopic (exact) mass is 229 g/mol. The molecule has 3 rings (SSSR count). The fourth-order valence-electron chi connectivity index (χ4n) is 2.25. The lowest BCUT2D eigenvalue weighted by Gasteiger charge is -2.08.